The van der Waals surface area contributed by atoms with E-state index in [1.54, 1.807) is 0 Å². The number of rotatable bonds is 4. The molecule has 0 aromatic heterocycles. The van der Waals surface area contributed by atoms with Crippen LogP contribution in [0.1, 0.15) is 40.5 Å². The molecule has 0 saturated carbocycles. The fourth-order valence-electron chi connectivity index (χ4n) is 3.25. The molecule has 0 atom stereocenters. The zero-order valence-electron chi connectivity index (χ0n) is 11.0. The van der Waals surface area contributed by atoms with Crippen molar-refractivity contribution in [1.29, 1.82) is 0 Å². The molecule has 96 valence electrons. The summed E-state index contributed by atoms with van der Waals surface area (Å²) in [7, 11) is 0. The van der Waals surface area contributed by atoms with Gasteiger partial charge in [0.1, 0.15) is 0 Å². The maximum atomic E-state index is 8.89. The fraction of sp³-hybridized carbons (Fsp3) is 1.00. The summed E-state index contributed by atoms with van der Waals surface area (Å²) in [6.07, 6.45) is 1.75. The summed E-state index contributed by atoms with van der Waals surface area (Å²) in [6.45, 7) is 9.59. The van der Waals surface area contributed by atoms with Crippen molar-refractivity contribution >= 4 is 0 Å². The molecule has 1 saturated heterocycles. The summed E-state index contributed by atoms with van der Waals surface area (Å²) in [4.78, 5) is 0. The largest absolute Gasteiger partial charge is 0.394 e. The summed E-state index contributed by atoms with van der Waals surface area (Å²) < 4.78 is 5.83. The van der Waals surface area contributed by atoms with Gasteiger partial charge in [-0.1, -0.05) is 0 Å². The second-order valence-electron chi connectivity index (χ2n) is 6.21. The first-order valence-corrected chi connectivity index (χ1v) is 5.99. The van der Waals surface area contributed by atoms with E-state index in [1.165, 1.54) is 0 Å². The Morgan fingerprint density at radius 2 is 1.69 bits per heavy atom. The Kier molecular flexibility index (Phi) is 4.00. The fourth-order valence-corrected chi connectivity index (χ4v) is 3.25. The van der Waals surface area contributed by atoms with Crippen molar-refractivity contribution in [2.45, 2.75) is 57.2 Å². The highest BCUT2D eigenvalue weighted by molar-refractivity contribution is 5.05. The van der Waals surface area contributed by atoms with Gasteiger partial charge in [-0.25, -0.2) is 0 Å². The van der Waals surface area contributed by atoms with Crippen LogP contribution >= 0.6 is 0 Å². The second-order valence-corrected chi connectivity index (χ2v) is 6.21. The van der Waals surface area contributed by atoms with E-state index in [2.05, 4.69) is 33.0 Å². The molecule has 0 aromatic rings. The molecule has 1 aliphatic heterocycles. The average molecular weight is 230 g/mol. The van der Waals surface area contributed by atoms with Gasteiger partial charge in [0, 0.05) is 17.6 Å². The molecule has 0 aromatic carbocycles. The van der Waals surface area contributed by atoms with Crippen LogP contribution in [-0.2, 0) is 4.74 Å². The van der Waals surface area contributed by atoms with Gasteiger partial charge in [-0.15, -0.1) is 0 Å². The monoisotopic (exact) mass is 230 g/mol. The first-order valence-electron chi connectivity index (χ1n) is 5.99. The Morgan fingerprint density at radius 3 is 2.06 bits per heavy atom. The lowest BCUT2D eigenvalue weighted by Crippen LogP contribution is -2.66. The lowest BCUT2D eigenvalue weighted by Gasteiger charge is -2.52. The van der Waals surface area contributed by atoms with Crippen molar-refractivity contribution < 1.29 is 9.84 Å². The molecule has 1 aliphatic rings. The van der Waals surface area contributed by atoms with Gasteiger partial charge in [0.25, 0.3) is 0 Å². The van der Waals surface area contributed by atoms with Crippen LogP contribution in [0.25, 0.3) is 0 Å². The van der Waals surface area contributed by atoms with Crippen molar-refractivity contribution in [2.75, 3.05) is 19.8 Å². The Balaban J connectivity index is 2.83. The van der Waals surface area contributed by atoms with Gasteiger partial charge in [-0.3, -0.25) is 0 Å². The predicted molar refractivity (Wildman–Crippen MR) is 65.4 cm³/mol. The molecule has 0 radical (unpaired) electrons. The molecular formula is C12H26N2O2. The normalized spacial score (nSPS) is 26.6. The minimum atomic E-state index is -0.305. The predicted octanol–water partition coefficient (Wildman–Crippen LogP) is 0.633. The molecule has 0 unspecified atom stereocenters. The lowest BCUT2D eigenvalue weighted by atomic mass is 9.73. The van der Waals surface area contributed by atoms with E-state index in [1.807, 2.05) is 0 Å². The molecule has 16 heavy (non-hydrogen) atoms. The highest BCUT2D eigenvalue weighted by atomic mass is 16.5. The van der Waals surface area contributed by atoms with E-state index in [0.29, 0.717) is 13.2 Å². The van der Waals surface area contributed by atoms with E-state index in [-0.39, 0.29) is 23.3 Å². The number of ether oxygens (including phenoxy) is 1. The maximum absolute atomic E-state index is 8.89. The SMILES string of the molecule is CC1(C)CC(CN)(OCCO)CC(C)(C)N1. The van der Waals surface area contributed by atoms with Crippen LogP contribution in [0, 0.1) is 0 Å². The molecule has 0 aliphatic carbocycles. The van der Waals surface area contributed by atoms with Crippen LogP contribution in [0.4, 0.5) is 0 Å². The molecule has 1 fully saturated rings. The summed E-state index contributed by atoms with van der Waals surface area (Å²) in [5.41, 5.74) is 5.60. The Labute approximate surface area is 98.5 Å². The van der Waals surface area contributed by atoms with Crippen LogP contribution in [-0.4, -0.2) is 41.5 Å². The first-order chi connectivity index (χ1) is 7.24. The number of piperidine rings is 1. The van der Waals surface area contributed by atoms with Crippen LogP contribution in [0.2, 0.25) is 0 Å². The number of hydrogen-bond acceptors (Lipinski definition) is 4. The first kappa shape index (κ1) is 13.9. The van der Waals surface area contributed by atoms with Crippen molar-refractivity contribution in [2.24, 2.45) is 5.73 Å². The van der Waals surface area contributed by atoms with Crippen molar-refractivity contribution in [3.05, 3.63) is 0 Å². The van der Waals surface area contributed by atoms with Crippen molar-refractivity contribution in [3.8, 4) is 0 Å². The van der Waals surface area contributed by atoms with E-state index in [0.717, 1.165) is 12.8 Å². The van der Waals surface area contributed by atoms with E-state index in [4.69, 9.17) is 15.6 Å². The van der Waals surface area contributed by atoms with Gasteiger partial charge in [0.15, 0.2) is 0 Å². The maximum Gasteiger partial charge on any atom is 0.0839 e. The topological polar surface area (TPSA) is 67.5 Å². The Bertz CT molecular complexity index is 223. The van der Waals surface area contributed by atoms with Gasteiger partial charge < -0.3 is 20.9 Å². The molecule has 0 amide bonds. The quantitative estimate of drug-likeness (QED) is 0.663. The molecule has 1 heterocycles. The Morgan fingerprint density at radius 1 is 1.19 bits per heavy atom. The molecule has 4 nitrogen and oxygen atoms in total. The minimum Gasteiger partial charge on any atom is -0.394 e. The highest BCUT2D eigenvalue weighted by Crippen LogP contribution is 2.37. The zero-order valence-corrected chi connectivity index (χ0v) is 11.0. The van der Waals surface area contributed by atoms with Gasteiger partial charge in [-0.2, -0.15) is 0 Å². The van der Waals surface area contributed by atoms with E-state index < -0.39 is 0 Å². The van der Waals surface area contributed by atoms with Crippen LogP contribution in [0.15, 0.2) is 0 Å². The smallest absolute Gasteiger partial charge is 0.0839 e. The molecule has 0 spiro atoms. The minimum absolute atomic E-state index is 0.0105. The number of aliphatic hydroxyl groups is 1. The third-order valence-corrected chi connectivity index (χ3v) is 3.08. The number of aliphatic hydroxyl groups excluding tert-OH is 1. The molecule has 0 bridgehead atoms. The second kappa shape index (κ2) is 4.61. The summed E-state index contributed by atoms with van der Waals surface area (Å²) in [5.74, 6) is 0. The van der Waals surface area contributed by atoms with Gasteiger partial charge in [-0.05, 0) is 40.5 Å². The van der Waals surface area contributed by atoms with Crippen molar-refractivity contribution in [1.82, 2.24) is 5.32 Å². The molecular weight excluding hydrogens is 204 g/mol. The van der Waals surface area contributed by atoms with Crippen LogP contribution in [0.5, 0.6) is 0 Å². The Hall–Kier alpha value is -0.160. The third-order valence-electron chi connectivity index (χ3n) is 3.08. The highest BCUT2D eigenvalue weighted by Gasteiger charge is 2.47. The van der Waals surface area contributed by atoms with Gasteiger partial charge in [0.2, 0.25) is 0 Å². The van der Waals surface area contributed by atoms with Crippen LogP contribution < -0.4 is 11.1 Å². The van der Waals surface area contributed by atoms with Gasteiger partial charge in [0.05, 0.1) is 18.8 Å². The lowest BCUT2D eigenvalue weighted by molar-refractivity contribution is -0.110. The summed E-state index contributed by atoms with van der Waals surface area (Å²) in [6, 6.07) is 0. The van der Waals surface area contributed by atoms with E-state index in [9.17, 15) is 0 Å². The third kappa shape index (κ3) is 3.42. The summed E-state index contributed by atoms with van der Waals surface area (Å²) in [5, 5.41) is 12.5. The number of nitrogens with one attached hydrogen (secondary N) is 1. The van der Waals surface area contributed by atoms with Gasteiger partial charge >= 0.3 is 0 Å². The zero-order chi connectivity index (χ0) is 12.4. The average Bonchev–Trinajstić information content (AvgIpc) is 2.10. The number of nitrogens with two attached hydrogens (primary N) is 1. The van der Waals surface area contributed by atoms with Crippen LogP contribution in [0.3, 0.4) is 0 Å². The molecule has 4 N–H and O–H groups in total. The number of hydrogen-bond donors (Lipinski definition) is 3. The summed E-state index contributed by atoms with van der Waals surface area (Å²) >= 11 is 0. The standard InChI is InChI=1S/C12H26N2O2/c1-10(2)7-12(9-13,16-6-5-15)8-11(3,4)14-10/h14-15H,5-9,13H2,1-4H3. The van der Waals surface area contributed by atoms with E-state index >= 15 is 0 Å². The van der Waals surface area contributed by atoms with Crippen molar-refractivity contribution in [3.63, 3.8) is 0 Å². The molecule has 1 rings (SSSR count). The molecule has 4 heteroatoms.